The maximum atomic E-state index is 15.6. The van der Waals surface area contributed by atoms with Gasteiger partial charge in [0, 0.05) is 29.8 Å². The lowest BCUT2D eigenvalue weighted by Crippen LogP contribution is -2.42. The van der Waals surface area contributed by atoms with Crippen LogP contribution in [0.2, 0.25) is 0 Å². The van der Waals surface area contributed by atoms with E-state index < -0.39 is 36.1 Å². The number of aliphatic hydroxyl groups is 1. The van der Waals surface area contributed by atoms with Crippen molar-refractivity contribution >= 4 is 34.0 Å². The molecular formula is C29H27F3N4O3. The van der Waals surface area contributed by atoms with E-state index >= 15 is 4.39 Å². The highest BCUT2D eigenvalue weighted by Crippen LogP contribution is 2.43. The first-order valence-corrected chi connectivity index (χ1v) is 12.4. The molecule has 0 aliphatic carbocycles. The molecule has 3 aromatic carbocycles. The van der Waals surface area contributed by atoms with E-state index in [2.05, 4.69) is 4.98 Å². The highest BCUT2D eigenvalue weighted by molar-refractivity contribution is 6.04. The first kappa shape index (κ1) is 26.4. The number of hydrogen-bond donors (Lipinski definition) is 1. The van der Waals surface area contributed by atoms with Crippen LogP contribution in [0, 0.1) is 12.7 Å². The number of rotatable bonds is 6. The van der Waals surface area contributed by atoms with Crippen molar-refractivity contribution in [3.8, 4) is 5.75 Å². The minimum absolute atomic E-state index is 0.00342. The van der Waals surface area contributed by atoms with Crippen molar-refractivity contribution in [2.45, 2.75) is 38.8 Å². The molecule has 0 radical (unpaired) electrons. The Morgan fingerprint density at radius 2 is 1.85 bits per heavy atom. The number of aromatic nitrogens is 2. The molecule has 1 N–H and O–H groups in total. The molecule has 1 aromatic heterocycles. The van der Waals surface area contributed by atoms with Gasteiger partial charge in [-0.15, -0.1) is 0 Å². The number of para-hydroxylation sites is 1. The number of hydrogen-bond acceptors (Lipinski definition) is 6. The molecule has 0 spiro atoms. The summed E-state index contributed by atoms with van der Waals surface area (Å²) in [6, 6.07) is 15.5. The van der Waals surface area contributed by atoms with Gasteiger partial charge in [-0.3, -0.25) is 4.79 Å². The standard InChI is InChI=1S/C29H27F3N4O3/c1-16(20-11-8-12-22(26(20)30)29(31,32)15-37)36(19-9-6-5-7-10-19)27-21-13-24-25(14-23(21)33-18(3)34-27)39-17(2)28(38)35(24)4/h5-14,16-17,37H,15H2,1-4H3/t16-,17?/m1/s1. The average molecular weight is 537 g/mol. The van der Waals surface area contributed by atoms with Crippen LogP contribution in [-0.4, -0.2) is 40.7 Å². The second-order valence-electron chi connectivity index (χ2n) is 9.54. The molecule has 39 heavy (non-hydrogen) atoms. The summed E-state index contributed by atoms with van der Waals surface area (Å²) in [6.07, 6.45) is -0.657. The Labute approximate surface area is 223 Å². The van der Waals surface area contributed by atoms with Crippen molar-refractivity contribution in [3.63, 3.8) is 0 Å². The van der Waals surface area contributed by atoms with Crippen LogP contribution in [0.1, 0.15) is 36.8 Å². The van der Waals surface area contributed by atoms with Crippen LogP contribution in [0.4, 0.5) is 30.4 Å². The van der Waals surface area contributed by atoms with Crippen molar-refractivity contribution in [3.05, 3.63) is 83.4 Å². The first-order chi connectivity index (χ1) is 18.5. The predicted molar refractivity (Wildman–Crippen MR) is 142 cm³/mol. The van der Waals surface area contributed by atoms with Gasteiger partial charge in [0.15, 0.2) is 6.10 Å². The molecule has 0 saturated heterocycles. The summed E-state index contributed by atoms with van der Waals surface area (Å²) in [7, 11) is 1.65. The lowest BCUT2D eigenvalue weighted by Gasteiger charge is -2.34. The van der Waals surface area contributed by atoms with Gasteiger partial charge in [0.2, 0.25) is 0 Å². The lowest BCUT2D eigenvalue weighted by atomic mass is 9.98. The third kappa shape index (κ3) is 4.54. The molecule has 0 fully saturated rings. The molecule has 5 rings (SSSR count). The molecule has 7 nitrogen and oxygen atoms in total. The van der Waals surface area contributed by atoms with Gasteiger partial charge in [0.05, 0.1) is 22.8 Å². The second-order valence-corrected chi connectivity index (χ2v) is 9.54. The van der Waals surface area contributed by atoms with E-state index in [1.165, 1.54) is 17.0 Å². The summed E-state index contributed by atoms with van der Waals surface area (Å²) in [4.78, 5) is 25.2. The number of anilines is 3. The summed E-state index contributed by atoms with van der Waals surface area (Å²) in [6.45, 7) is 3.56. The Morgan fingerprint density at radius 1 is 1.13 bits per heavy atom. The Morgan fingerprint density at radius 3 is 2.54 bits per heavy atom. The van der Waals surface area contributed by atoms with Gasteiger partial charge in [0.1, 0.15) is 29.8 Å². The highest BCUT2D eigenvalue weighted by Gasteiger charge is 2.36. The van der Waals surface area contributed by atoms with Crippen LogP contribution in [-0.2, 0) is 10.7 Å². The van der Waals surface area contributed by atoms with Crippen molar-refractivity contribution in [1.82, 2.24) is 9.97 Å². The zero-order valence-electron chi connectivity index (χ0n) is 21.8. The molecule has 2 atom stereocenters. The lowest BCUT2D eigenvalue weighted by molar-refractivity contribution is -0.125. The summed E-state index contributed by atoms with van der Waals surface area (Å²) in [5, 5.41) is 9.75. The fraction of sp³-hybridized carbons (Fsp3) is 0.276. The third-order valence-corrected chi connectivity index (χ3v) is 6.93. The van der Waals surface area contributed by atoms with Crippen LogP contribution in [0.25, 0.3) is 10.9 Å². The van der Waals surface area contributed by atoms with E-state index in [1.807, 2.05) is 30.3 Å². The van der Waals surface area contributed by atoms with E-state index in [9.17, 15) is 18.7 Å². The molecule has 1 aliphatic rings. The number of aliphatic hydroxyl groups excluding tert-OH is 1. The SMILES string of the molecule is Cc1nc(N(c2ccccc2)[C@H](C)c2cccc(C(F)(F)CO)c2F)c2cc3c(cc2n1)OC(C)C(=O)N3C. The Kier molecular flexibility index (Phi) is 6.67. The normalized spacial score (nSPS) is 16.2. The van der Waals surface area contributed by atoms with Gasteiger partial charge in [-0.2, -0.15) is 8.78 Å². The van der Waals surface area contributed by atoms with Crippen molar-refractivity contribution in [1.29, 1.82) is 0 Å². The van der Waals surface area contributed by atoms with E-state index in [-0.39, 0.29) is 11.5 Å². The summed E-state index contributed by atoms with van der Waals surface area (Å²) in [5.41, 5.74) is 0.814. The fourth-order valence-corrected chi connectivity index (χ4v) is 4.91. The van der Waals surface area contributed by atoms with E-state index in [0.717, 1.165) is 6.07 Å². The minimum atomic E-state index is -3.75. The molecule has 1 aliphatic heterocycles. The van der Waals surface area contributed by atoms with Gasteiger partial charge in [-0.25, -0.2) is 14.4 Å². The summed E-state index contributed by atoms with van der Waals surface area (Å²) >= 11 is 0. The minimum Gasteiger partial charge on any atom is -0.479 e. The maximum Gasteiger partial charge on any atom is 0.298 e. The summed E-state index contributed by atoms with van der Waals surface area (Å²) < 4.78 is 50.2. The smallest absolute Gasteiger partial charge is 0.298 e. The molecule has 10 heteroatoms. The number of fused-ring (bicyclic) bond motifs is 2. The number of likely N-dealkylation sites (N-methyl/N-ethyl adjacent to an activating group) is 1. The zero-order valence-corrected chi connectivity index (χ0v) is 21.8. The Hall–Kier alpha value is -4.18. The van der Waals surface area contributed by atoms with Crippen LogP contribution < -0.4 is 14.5 Å². The predicted octanol–water partition coefficient (Wildman–Crippen LogP) is 5.80. The second kappa shape index (κ2) is 9.85. The summed E-state index contributed by atoms with van der Waals surface area (Å²) in [5.74, 6) is -3.75. The van der Waals surface area contributed by atoms with Crippen LogP contribution >= 0.6 is 0 Å². The van der Waals surface area contributed by atoms with Crippen molar-refractivity contribution in [2.75, 3.05) is 23.5 Å². The molecule has 202 valence electrons. The number of amides is 1. The number of nitrogens with zero attached hydrogens (tertiary/aromatic N) is 4. The van der Waals surface area contributed by atoms with Crippen LogP contribution in [0.3, 0.4) is 0 Å². The molecule has 4 aromatic rings. The van der Waals surface area contributed by atoms with Gasteiger partial charge in [-0.1, -0.05) is 30.3 Å². The van der Waals surface area contributed by atoms with E-state index in [4.69, 9.17) is 9.72 Å². The molecule has 0 bridgehead atoms. The highest BCUT2D eigenvalue weighted by atomic mass is 19.3. The van der Waals surface area contributed by atoms with E-state index in [0.29, 0.717) is 39.7 Å². The Balaban J connectivity index is 1.75. The number of carbonyl (C=O) groups excluding carboxylic acids is 1. The monoisotopic (exact) mass is 536 g/mol. The van der Waals surface area contributed by atoms with Gasteiger partial charge >= 0.3 is 0 Å². The molecular weight excluding hydrogens is 509 g/mol. The number of ether oxygens (including phenoxy) is 1. The number of halogens is 3. The van der Waals surface area contributed by atoms with E-state index in [1.54, 1.807) is 44.9 Å². The topological polar surface area (TPSA) is 78.8 Å². The average Bonchev–Trinajstić information content (AvgIpc) is 2.91. The molecule has 1 unspecified atom stereocenters. The largest absolute Gasteiger partial charge is 0.479 e. The Bertz CT molecular complexity index is 1560. The molecule has 1 amide bonds. The molecule has 2 heterocycles. The number of benzene rings is 3. The quantitative estimate of drug-likeness (QED) is 0.335. The number of alkyl halides is 2. The van der Waals surface area contributed by atoms with Crippen LogP contribution in [0.15, 0.2) is 60.7 Å². The zero-order chi connectivity index (χ0) is 28.1. The molecule has 0 saturated carbocycles. The fourth-order valence-electron chi connectivity index (χ4n) is 4.91. The third-order valence-electron chi connectivity index (χ3n) is 6.93. The number of carbonyl (C=O) groups is 1. The number of aryl methyl sites for hydroxylation is 1. The van der Waals surface area contributed by atoms with Gasteiger partial charge in [-0.05, 0) is 45.0 Å². The first-order valence-electron chi connectivity index (χ1n) is 12.4. The van der Waals surface area contributed by atoms with Crippen molar-refractivity contribution in [2.24, 2.45) is 0 Å². The maximum absolute atomic E-state index is 15.6. The van der Waals surface area contributed by atoms with Gasteiger partial charge < -0.3 is 19.6 Å². The van der Waals surface area contributed by atoms with Crippen LogP contribution in [0.5, 0.6) is 5.75 Å². The van der Waals surface area contributed by atoms with Gasteiger partial charge in [0.25, 0.3) is 11.8 Å². The van der Waals surface area contributed by atoms with Crippen molar-refractivity contribution < 1.29 is 27.8 Å².